The Morgan fingerprint density at radius 3 is 2.83 bits per heavy atom. The third kappa shape index (κ3) is 4.24. The number of anilines is 2. The minimum absolute atomic E-state index is 0.169. The van der Waals surface area contributed by atoms with Gasteiger partial charge in [0.1, 0.15) is 17.9 Å². The first-order chi connectivity index (χ1) is 17.1. The number of piperazine rings is 1. The van der Waals surface area contributed by atoms with E-state index in [2.05, 4.69) is 25.5 Å². The average molecular weight is 514 g/mol. The predicted molar refractivity (Wildman–Crippen MR) is 139 cm³/mol. The number of nitrogens with zero attached hydrogens (tertiary/aromatic N) is 4. The van der Waals surface area contributed by atoms with Crippen molar-refractivity contribution in [3.63, 3.8) is 0 Å². The van der Waals surface area contributed by atoms with Crippen LogP contribution in [0.5, 0.6) is 6.01 Å². The molecule has 182 valence electrons. The molecule has 35 heavy (non-hydrogen) atoms. The van der Waals surface area contributed by atoms with E-state index in [1.807, 2.05) is 12.1 Å². The van der Waals surface area contributed by atoms with Gasteiger partial charge < -0.3 is 26.0 Å². The van der Waals surface area contributed by atoms with Crippen LogP contribution in [-0.2, 0) is 0 Å². The van der Waals surface area contributed by atoms with Gasteiger partial charge in [0, 0.05) is 48.7 Å². The summed E-state index contributed by atoms with van der Waals surface area (Å²) in [5, 5.41) is 8.01. The lowest BCUT2D eigenvalue weighted by Crippen LogP contribution is -2.44. The Labute approximate surface area is 210 Å². The number of halogens is 2. The number of hydrogen-bond donors (Lipinski definition) is 3. The number of aromatic nitrogens is 3. The van der Waals surface area contributed by atoms with E-state index >= 15 is 4.39 Å². The number of rotatable bonds is 5. The molecule has 1 unspecified atom stereocenters. The molecule has 4 aromatic rings. The maximum atomic E-state index is 16.3. The van der Waals surface area contributed by atoms with Gasteiger partial charge in [0.15, 0.2) is 10.9 Å². The number of thiazole rings is 1. The first-order valence-electron chi connectivity index (χ1n) is 11.8. The number of ether oxygens (including phenoxy) is 1. The summed E-state index contributed by atoms with van der Waals surface area (Å²) in [6.07, 6.45) is 2.15. The van der Waals surface area contributed by atoms with Gasteiger partial charge in [0.05, 0.1) is 15.2 Å². The van der Waals surface area contributed by atoms with Crippen molar-refractivity contribution in [3.8, 4) is 17.1 Å². The summed E-state index contributed by atoms with van der Waals surface area (Å²) >= 11 is 8.08. The van der Waals surface area contributed by atoms with Gasteiger partial charge in [-0.1, -0.05) is 35.1 Å². The molecule has 0 saturated carbocycles. The smallest absolute Gasteiger partial charge is 0.319 e. The Bertz CT molecular complexity index is 1400. The summed E-state index contributed by atoms with van der Waals surface area (Å²) in [7, 11) is 0. The fourth-order valence-corrected chi connectivity index (χ4v) is 5.89. The Morgan fingerprint density at radius 1 is 1.17 bits per heavy atom. The molecular formula is C24H25ClFN7OS. The minimum Gasteiger partial charge on any atom is -0.462 e. The normalized spacial score (nSPS) is 18.6. The molecule has 2 fully saturated rings. The van der Waals surface area contributed by atoms with Gasteiger partial charge in [-0.3, -0.25) is 0 Å². The molecule has 6 rings (SSSR count). The van der Waals surface area contributed by atoms with Gasteiger partial charge >= 0.3 is 6.01 Å². The summed E-state index contributed by atoms with van der Waals surface area (Å²) in [5.74, 6) is 0.114. The summed E-state index contributed by atoms with van der Waals surface area (Å²) in [6.45, 7) is 4.53. The lowest BCUT2D eigenvalue weighted by molar-refractivity contribution is 0.258. The van der Waals surface area contributed by atoms with E-state index in [4.69, 9.17) is 27.1 Å². The molecule has 11 heteroatoms. The van der Waals surface area contributed by atoms with Crippen molar-refractivity contribution < 1.29 is 9.13 Å². The van der Waals surface area contributed by atoms with Crippen molar-refractivity contribution in [2.45, 2.75) is 18.9 Å². The van der Waals surface area contributed by atoms with E-state index in [9.17, 15) is 0 Å². The number of para-hydroxylation sites is 1. The molecule has 2 aromatic heterocycles. The van der Waals surface area contributed by atoms with Crippen LogP contribution < -0.4 is 26.0 Å². The second-order valence-electron chi connectivity index (χ2n) is 8.82. The van der Waals surface area contributed by atoms with Crippen molar-refractivity contribution >= 4 is 55.0 Å². The van der Waals surface area contributed by atoms with Crippen molar-refractivity contribution in [1.82, 2.24) is 25.6 Å². The van der Waals surface area contributed by atoms with Crippen LogP contribution in [-0.4, -0.2) is 60.3 Å². The fourth-order valence-electron chi connectivity index (χ4n) is 4.83. The van der Waals surface area contributed by atoms with Crippen LogP contribution in [0.4, 0.5) is 15.3 Å². The highest BCUT2D eigenvalue weighted by Gasteiger charge is 2.25. The second-order valence-corrected chi connectivity index (χ2v) is 10.3. The first kappa shape index (κ1) is 22.7. The Morgan fingerprint density at radius 2 is 2.03 bits per heavy atom. The first-order valence-corrected chi connectivity index (χ1v) is 12.9. The molecule has 4 N–H and O–H groups in total. The quantitative estimate of drug-likeness (QED) is 0.370. The Balaban J connectivity index is 1.51. The van der Waals surface area contributed by atoms with E-state index in [-0.39, 0.29) is 28.2 Å². The van der Waals surface area contributed by atoms with Gasteiger partial charge in [-0.25, -0.2) is 9.37 Å². The van der Waals surface area contributed by atoms with E-state index < -0.39 is 5.82 Å². The fraction of sp³-hybridized carbons (Fsp3) is 0.375. The molecule has 0 bridgehead atoms. The monoisotopic (exact) mass is 513 g/mol. The van der Waals surface area contributed by atoms with Crippen LogP contribution in [0.25, 0.3) is 32.2 Å². The van der Waals surface area contributed by atoms with Crippen LogP contribution in [0, 0.1) is 5.82 Å². The standard InChI is InChI=1S/C24H25ClFN7OS/c25-16-11-15-21(19(26)18(16)14-4-1-5-17-20(14)30-23(27)35-17)31-24(34-12-13-3-2-6-29-13)32-22(15)33-9-7-28-8-10-33/h1,4-5,11,13,28-29H,2-3,6-10,12H2,(H2,27,30). The van der Waals surface area contributed by atoms with Gasteiger partial charge in [-0.15, -0.1) is 0 Å². The molecule has 2 saturated heterocycles. The van der Waals surface area contributed by atoms with Crippen molar-refractivity contribution in [2.24, 2.45) is 0 Å². The summed E-state index contributed by atoms with van der Waals surface area (Å²) in [4.78, 5) is 15.8. The molecule has 2 aliphatic heterocycles. The van der Waals surface area contributed by atoms with Crippen molar-refractivity contribution in [1.29, 1.82) is 0 Å². The van der Waals surface area contributed by atoms with Crippen LogP contribution >= 0.6 is 22.9 Å². The zero-order valence-electron chi connectivity index (χ0n) is 19.0. The highest BCUT2D eigenvalue weighted by Crippen LogP contribution is 2.42. The van der Waals surface area contributed by atoms with Crippen LogP contribution in [0.3, 0.4) is 0 Å². The minimum atomic E-state index is -0.519. The van der Waals surface area contributed by atoms with Crippen molar-refractivity contribution in [2.75, 3.05) is 50.0 Å². The maximum Gasteiger partial charge on any atom is 0.319 e. The molecule has 0 radical (unpaired) electrons. The molecule has 0 amide bonds. The highest BCUT2D eigenvalue weighted by atomic mass is 35.5. The topological polar surface area (TPSA) is 101 Å². The third-order valence-electron chi connectivity index (χ3n) is 6.54. The maximum absolute atomic E-state index is 16.3. The third-order valence-corrected chi connectivity index (χ3v) is 7.69. The van der Waals surface area contributed by atoms with Crippen LogP contribution in [0.1, 0.15) is 12.8 Å². The molecule has 2 aliphatic rings. The van der Waals surface area contributed by atoms with E-state index in [1.54, 1.807) is 12.1 Å². The molecule has 4 heterocycles. The van der Waals surface area contributed by atoms with E-state index in [1.165, 1.54) is 11.3 Å². The number of nitrogen functional groups attached to an aromatic ring is 1. The molecule has 2 aromatic carbocycles. The summed E-state index contributed by atoms with van der Waals surface area (Å²) < 4.78 is 23.1. The molecule has 1 atom stereocenters. The summed E-state index contributed by atoms with van der Waals surface area (Å²) in [5.41, 5.74) is 7.58. The number of benzene rings is 2. The highest BCUT2D eigenvalue weighted by molar-refractivity contribution is 7.22. The van der Waals surface area contributed by atoms with Gasteiger partial charge in [-0.05, 0) is 31.5 Å². The Hall–Kier alpha value is -2.79. The van der Waals surface area contributed by atoms with Gasteiger partial charge in [0.2, 0.25) is 0 Å². The molecular weight excluding hydrogens is 489 g/mol. The predicted octanol–water partition coefficient (Wildman–Crippen LogP) is 3.82. The zero-order chi connectivity index (χ0) is 23.9. The van der Waals surface area contributed by atoms with Gasteiger partial charge in [-0.2, -0.15) is 9.97 Å². The summed E-state index contributed by atoms with van der Waals surface area (Å²) in [6, 6.07) is 7.74. The average Bonchev–Trinajstić information content (AvgIpc) is 3.52. The van der Waals surface area contributed by atoms with Crippen molar-refractivity contribution in [3.05, 3.63) is 35.1 Å². The second kappa shape index (κ2) is 9.34. The lowest BCUT2D eigenvalue weighted by Gasteiger charge is -2.29. The number of hydrogen-bond acceptors (Lipinski definition) is 9. The van der Waals surface area contributed by atoms with Crippen LogP contribution in [0.15, 0.2) is 24.3 Å². The molecule has 8 nitrogen and oxygen atoms in total. The van der Waals surface area contributed by atoms with E-state index in [0.717, 1.165) is 50.3 Å². The molecule has 0 spiro atoms. The van der Waals surface area contributed by atoms with Gasteiger partial charge in [0.25, 0.3) is 0 Å². The number of nitrogens with two attached hydrogens (primary N) is 1. The zero-order valence-corrected chi connectivity index (χ0v) is 20.6. The van der Waals surface area contributed by atoms with Crippen LogP contribution in [0.2, 0.25) is 5.02 Å². The SMILES string of the molecule is Nc1nc2c(-c3c(Cl)cc4c(N5CCNCC5)nc(OCC5CCCN5)nc4c3F)cccc2s1. The number of nitrogens with one attached hydrogen (secondary N) is 2. The Kier molecular flexibility index (Phi) is 6.05. The largest absolute Gasteiger partial charge is 0.462 e. The van der Waals surface area contributed by atoms with E-state index in [0.29, 0.717) is 34.0 Å². The number of fused-ring (bicyclic) bond motifs is 2. The molecule has 0 aliphatic carbocycles. The lowest BCUT2D eigenvalue weighted by atomic mass is 10.0.